The van der Waals surface area contributed by atoms with Crippen molar-refractivity contribution in [1.82, 2.24) is 14.1 Å². The summed E-state index contributed by atoms with van der Waals surface area (Å²) < 4.78 is 64.7. The Hall–Kier alpha value is -0.870. The van der Waals surface area contributed by atoms with Crippen molar-refractivity contribution in [3.05, 3.63) is 0 Å². The van der Waals surface area contributed by atoms with Crippen LogP contribution in [0.25, 0.3) is 0 Å². The average molecular weight is 414 g/mol. The quantitative estimate of drug-likeness (QED) is 0.599. The molecular formula is C17H30F3N3O3S. The number of alkyl halides is 3. The first-order valence-corrected chi connectivity index (χ1v) is 11.3. The van der Waals surface area contributed by atoms with Gasteiger partial charge in [0, 0.05) is 39.3 Å². The predicted molar refractivity (Wildman–Crippen MR) is 96.7 cm³/mol. The molecule has 0 aliphatic carbocycles. The number of amides is 1. The Morgan fingerprint density at radius 1 is 1.07 bits per heavy atom. The van der Waals surface area contributed by atoms with E-state index in [9.17, 15) is 26.4 Å². The summed E-state index contributed by atoms with van der Waals surface area (Å²) in [7, 11) is -3.27. The lowest BCUT2D eigenvalue weighted by Gasteiger charge is -2.37. The molecule has 10 heteroatoms. The van der Waals surface area contributed by atoms with E-state index in [0.29, 0.717) is 45.6 Å². The molecule has 0 aromatic rings. The second-order valence-corrected chi connectivity index (χ2v) is 9.51. The van der Waals surface area contributed by atoms with Crippen molar-refractivity contribution in [2.45, 2.75) is 45.2 Å². The smallest absolute Gasteiger partial charge is 0.341 e. The number of rotatable bonds is 7. The van der Waals surface area contributed by atoms with E-state index in [1.54, 1.807) is 0 Å². The molecule has 27 heavy (non-hydrogen) atoms. The second-order valence-electron chi connectivity index (χ2n) is 7.42. The number of hydrogen-bond acceptors (Lipinski definition) is 4. The zero-order chi connectivity index (χ0) is 20.1. The summed E-state index contributed by atoms with van der Waals surface area (Å²) >= 11 is 0. The molecule has 158 valence electrons. The lowest BCUT2D eigenvalue weighted by atomic mass is 9.97. The molecule has 6 nitrogen and oxygen atoms in total. The molecule has 2 aliphatic heterocycles. The van der Waals surface area contributed by atoms with Crippen LogP contribution in [0, 0.1) is 5.92 Å². The molecule has 0 radical (unpaired) electrons. The second kappa shape index (κ2) is 9.56. The molecule has 0 bridgehead atoms. The Bertz CT molecular complexity index is 590. The minimum atomic E-state index is -4.27. The average Bonchev–Trinajstić information content (AvgIpc) is 2.61. The molecule has 1 atom stereocenters. The molecule has 0 aromatic carbocycles. The number of carbonyl (C=O) groups excluding carboxylic acids is 1. The van der Waals surface area contributed by atoms with Crippen LogP contribution in [0.1, 0.15) is 39.0 Å². The molecule has 2 saturated heterocycles. The fourth-order valence-corrected chi connectivity index (χ4v) is 5.14. The van der Waals surface area contributed by atoms with Crippen LogP contribution in [0.4, 0.5) is 13.2 Å². The molecule has 2 fully saturated rings. The number of piperazine rings is 1. The monoisotopic (exact) mass is 413 g/mol. The highest BCUT2D eigenvalue weighted by molar-refractivity contribution is 7.89. The van der Waals surface area contributed by atoms with Crippen LogP contribution in [-0.2, 0) is 14.8 Å². The zero-order valence-electron chi connectivity index (χ0n) is 15.9. The van der Waals surface area contributed by atoms with Crippen LogP contribution in [-0.4, -0.2) is 86.2 Å². The fourth-order valence-electron chi connectivity index (χ4n) is 3.59. The van der Waals surface area contributed by atoms with Gasteiger partial charge in [0.2, 0.25) is 15.9 Å². The maximum atomic E-state index is 12.9. The first-order chi connectivity index (χ1) is 12.6. The Kier molecular flexibility index (Phi) is 7.94. The van der Waals surface area contributed by atoms with Crippen LogP contribution >= 0.6 is 0 Å². The van der Waals surface area contributed by atoms with E-state index in [2.05, 4.69) is 0 Å². The van der Waals surface area contributed by atoms with Crippen LogP contribution in [0.5, 0.6) is 0 Å². The molecule has 1 unspecified atom stereocenters. The van der Waals surface area contributed by atoms with Gasteiger partial charge in [0.1, 0.15) is 0 Å². The van der Waals surface area contributed by atoms with Crippen molar-refractivity contribution in [3.8, 4) is 0 Å². The summed E-state index contributed by atoms with van der Waals surface area (Å²) in [5.74, 6) is -1.60. The molecule has 0 N–H and O–H groups in total. The van der Waals surface area contributed by atoms with E-state index in [-0.39, 0.29) is 31.2 Å². The number of carbonyl (C=O) groups is 1. The first-order valence-electron chi connectivity index (χ1n) is 9.68. The highest BCUT2D eigenvalue weighted by Gasteiger charge is 2.42. The Morgan fingerprint density at radius 2 is 1.74 bits per heavy atom. The van der Waals surface area contributed by atoms with Crippen LogP contribution in [0.3, 0.4) is 0 Å². The summed E-state index contributed by atoms with van der Waals surface area (Å²) in [4.78, 5) is 15.5. The van der Waals surface area contributed by atoms with Gasteiger partial charge in [0.05, 0.1) is 18.2 Å². The van der Waals surface area contributed by atoms with Crippen molar-refractivity contribution < 1.29 is 26.4 Å². The van der Waals surface area contributed by atoms with Gasteiger partial charge in [-0.1, -0.05) is 19.8 Å². The molecular weight excluding hydrogens is 383 g/mol. The van der Waals surface area contributed by atoms with Gasteiger partial charge in [-0.15, -0.1) is 0 Å². The highest BCUT2D eigenvalue weighted by Crippen LogP contribution is 2.33. The summed E-state index contributed by atoms with van der Waals surface area (Å²) in [5, 5.41) is 0. The third-order valence-electron chi connectivity index (χ3n) is 5.33. The van der Waals surface area contributed by atoms with Crippen molar-refractivity contribution in [3.63, 3.8) is 0 Å². The molecule has 0 aromatic heterocycles. The summed E-state index contributed by atoms with van der Waals surface area (Å²) in [6.45, 7) is 3.66. The molecule has 2 heterocycles. The van der Waals surface area contributed by atoms with E-state index >= 15 is 0 Å². The fraction of sp³-hybridized carbons (Fsp3) is 0.941. The lowest BCUT2D eigenvalue weighted by Crippen LogP contribution is -2.53. The van der Waals surface area contributed by atoms with Gasteiger partial charge in [0.25, 0.3) is 0 Å². The van der Waals surface area contributed by atoms with Crippen molar-refractivity contribution in [2.24, 2.45) is 5.92 Å². The van der Waals surface area contributed by atoms with E-state index in [0.717, 1.165) is 12.8 Å². The number of likely N-dealkylation sites (tertiary alicyclic amines) is 1. The molecule has 2 rings (SSSR count). The molecule has 2 aliphatic rings. The van der Waals surface area contributed by atoms with E-state index in [1.165, 1.54) is 9.21 Å². The number of halogens is 3. The number of unbranched alkanes of at least 4 members (excludes halogenated alkanes) is 2. The Labute approximate surface area is 159 Å². The van der Waals surface area contributed by atoms with E-state index in [4.69, 9.17) is 0 Å². The standard InChI is InChI=1S/C17H30F3N3O3S/c1-2-3-4-12-27(25,26)23-10-8-21(9-11-23)14-16(24)22-7-5-6-15(13-22)17(18,19)20/h15H,2-14H2,1H3. The topological polar surface area (TPSA) is 60.9 Å². The number of nitrogens with zero attached hydrogens (tertiary/aromatic N) is 3. The normalized spacial score (nSPS) is 23.6. The van der Waals surface area contributed by atoms with Gasteiger partial charge in [-0.3, -0.25) is 9.69 Å². The third-order valence-corrected chi connectivity index (χ3v) is 7.28. The van der Waals surface area contributed by atoms with Gasteiger partial charge >= 0.3 is 6.18 Å². The lowest BCUT2D eigenvalue weighted by molar-refractivity contribution is -0.188. The Morgan fingerprint density at radius 3 is 2.33 bits per heavy atom. The first kappa shape index (κ1) is 22.4. The van der Waals surface area contributed by atoms with Crippen molar-refractivity contribution in [1.29, 1.82) is 0 Å². The minimum Gasteiger partial charge on any atom is -0.341 e. The SMILES string of the molecule is CCCCCS(=O)(=O)N1CCN(CC(=O)N2CCCC(C(F)(F)F)C2)CC1. The van der Waals surface area contributed by atoms with E-state index < -0.39 is 22.1 Å². The molecule has 0 saturated carbocycles. The van der Waals surface area contributed by atoms with E-state index in [1.807, 2.05) is 11.8 Å². The zero-order valence-corrected chi connectivity index (χ0v) is 16.7. The van der Waals surface area contributed by atoms with Crippen LogP contribution in [0.2, 0.25) is 0 Å². The highest BCUT2D eigenvalue weighted by atomic mass is 32.2. The van der Waals surface area contributed by atoms with Gasteiger partial charge in [-0.2, -0.15) is 17.5 Å². The number of piperidine rings is 1. The van der Waals surface area contributed by atoms with Crippen LogP contribution < -0.4 is 0 Å². The maximum absolute atomic E-state index is 12.9. The minimum absolute atomic E-state index is 0.0499. The van der Waals surface area contributed by atoms with Crippen molar-refractivity contribution >= 4 is 15.9 Å². The molecule has 1 amide bonds. The van der Waals surface area contributed by atoms with Gasteiger partial charge in [-0.25, -0.2) is 8.42 Å². The van der Waals surface area contributed by atoms with Crippen molar-refractivity contribution in [2.75, 3.05) is 51.6 Å². The summed E-state index contributed by atoms with van der Waals surface area (Å²) in [6, 6.07) is 0. The van der Waals surface area contributed by atoms with Gasteiger partial charge in [0.15, 0.2) is 0 Å². The Balaban J connectivity index is 1.79. The summed E-state index contributed by atoms with van der Waals surface area (Å²) in [6.07, 6.45) is -1.36. The predicted octanol–water partition coefficient (Wildman–Crippen LogP) is 1.92. The maximum Gasteiger partial charge on any atom is 0.393 e. The van der Waals surface area contributed by atoms with Crippen LogP contribution in [0.15, 0.2) is 0 Å². The summed E-state index contributed by atoms with van der Waals surface area (Å²) in [5.41, 5.74) is 0. The molecule has 0 spiro atoms. The van der Waals surface area contributed by atoms with Gasteiger partial charge in [-0.05, 0) is 19.3 Å². The number of sulfonamides is 1. The largest absolute Gasteiger partial charge is 0.393 e. The number of hydrogen-bond donors (Lipinski definition) is 0. The van der Waals surface area contributed by atoms with Gasteiger partial charge < -0.3 is 4.90 Å². The third kappa shape index (κ3) is 6.60.